The van der Waals surface area contributed by atoms with Crippen molar-refractivity contribution in [1.29, 1.82) is 0 Å². The molecular formula is C24H30FN3O5S. The lowest BCUT2D eigenvalue weighted by Gasteiger charge is -2.26. The number of morpholine rings is 1. The molecule has 1 fully saturated rings. The van der Waals surface area contributed by atoms with Gasteiger partial charge in [0.1, 0.15) is 11.9 Å². The lowest BCUT2D eigenvalue weighted by Crippen LogP contribution is -2.50. The molecule has 10 heteroatoms. The summed E-state index contributed by atoms with van der Waals surface area (Å²) in [7, 11) is -3.76. The molecule has 1 saturated heterocycles. The van der Waals surface area contributed by atoms with Gasteiger partial charge < -0.3 is 15.4 Å². The first kappa shape index (κ1) is 25.8. The highest BCUT2D eigenvalue weighted by Crippen LogP contribution is 2.19. The minimum Gasteiger partial charge on any atom is -0.379 e. The van der Waals surface area contributed by atoms with Crippen molar-refractivity contribution in [2.75, 3.05) is 32.8 Å². The molecular weight excluding hydrogens is 461 g/mol. The van der Waals surface area contributed by atoms with Crippen LogP contribution in [0.15, 0.2) is 53.4 Å². The topological polar surface area (TPSA) is 105 Å². The van der Waals surface area contributed by atoms with Crippen molar-refractivity contribution in [2.24, 2.45) is 5.92 Å². The molecule has 2 aromatic carbocycles. The first-order chi connectivity index (χ1) is 16.2. The quantitative estimate of drug-likeness (QED) is 0.558. The molecule has 0 aromatic heterocycles. The van der Waals surface area contributed by atoms with Gasteiger partial charge in [0.05, 0.1) is 18.1 Å². The van der Waals surface area contributed by atoms with Crippen LogP contribution in [-0.2, 0) is 26.0 Å². The fourth-order valence-corrected chi connectivity index (χ4v) is 5.08. The van der Waals surface area contributed by atoms with Gasteiger partial charge in [0.15, 0.2) is 0 Å². The molecule has 0 aliphatic carbocycles. The molecule has 2 amide bonds. The molecule has 3 rings (SSSR count). The zero-order valence-corrected chi connectivity index (χ0v) is 20.1. The van der Waals surface area contributed by atoms with E-state index in [4.69, 9.17) is 4.74 Å². The fraction of sp³-hybridized carbons (Fsp3) is 0.417. The number of nitrogens with one attached hydrogen (secondary N) is 2. The van der Waals surface area contributed by atoms with E-state index in [2.05, 4.69) is 10.6 Å². The van der Waals surface area contributed by atoms with E-state index in [0.717, 1.165) is 0 Å². The van der Waals surface area contributed by atoms with Gasteiger partial charge in [-0.3, -0.25) is 9.59 Å². The summed E-state index contributed by atoms with van der Waals surface area (Å²) in [5.74, 6) is -1.51. The number of carbonyl (C=O) groups excluding carboxylic acids is 2. The molecule has 0 saturated carbocycles. The Morgan fingerprint density at radius 1 is 1.09 bits per heavy atom. The third-order valence-electron chi connectivity index (χ3n) is 5.59. The minimum absolute atomic E-state index is 0.0116. The lowest BCUT2D eigenvalue weighted by molar-refractivity contribution is -0.123. The number of nitrogens with zero attached hydrogens (tertiary/aromatic N) is 1. The molecule has 1 heterocycles. The average Bonchev–Trinajstić information content (AvgIpc) is 2.84. The van der Waals surface area contributed by atoms with Crippen molar-refractivity contribution in [2.45, 2.75) is 31.2 Å². The van der Waals surface area contributed by atoms with Crippen molar-refractivity contribution in [3.8, 4) is 0 Å². The van der Waals surface area contributed by atoms with Crippen molar-refractivity contribution in [3.05, 3.63) is 65.5 Å². The maximum Gasteiger partial charge on any atom is 0.251 e. The Bertz CT molecular complexity index is 1120. The van der Waals surface area contributed by atoms with Crippen molar-refractivity contribution in [1.82, 2.24) is 14.9 Å². The zero-order valence-electron chi connectivity index (χ0n) is 19.3. The summed E-state index contributed by atoms with van der Waals surface area (Å²) < 4.78 is 46.1. The number of carbonyl (C=O) groups is 2. The largest absolute Gasteiger partial charge is 0.379 e. The van der Waals surface area contributed by atoms with Crippen molar-refractivity contribution >= 4 is 21.8 Å². The third-order valence-corrected chi connectivity index (χ3v) is 7.49. The highest BCUT2D eigenvalue weighted by atomic mass is 32.2. The van der Waals surface area contributed by atoms with Crippen LogP contribution in [0.3, 0.4) is 0 Å². The number of rotatable bonds is 9. The van der Waals surface area contributed by atoms with Crippen LogP contribution < -0.4 is 10.6 Å². The molecule has 0 radical (unpaired) electrons. The Morgan fingerprint density at radius 2 is 1.79 bits per heavy atom. The van der Waals surface area contributed by atoms with E-state index in [0.29, 0.717) is 25.2 Å². The van der Waals surface area contributed by atoms with Crippen molar-refractivity contribution < 1.29 is 27.1 Å². The minimum atomic E-state index is -3.76. The molecule has 0 bridgehead atoms. The maximum absolute atomic E-state index is 13.8. The van der Waals surface area contributed by atoms with E-state index in [9.17, 15) is 22.4 Å². The summed E-state index contributed by atoms with van der Waals surface area (Å²) in [5.41, 5.74) is 0.630. The number of sulfonamides is 1. The van der Waals surface area contributed by atoms with Gasteiger partial charge in [-0.1, -0.05) is 38.1 Å². The monoisotopic (exact) mass is 491 g/mol. The Labute approximate surface area is 199 Å². The standard InChI is InChI=1S/C24H30FN3O5S/c1-17(2)22(24(30)26-11-10-18-6-3-4-9-21(18)25)27-23(29)19-7-5-8-20(16-19)34(31,32)28-12-14-33-15-13-28/h3-9,16-17,22H,10-15H2,1-2H3,(H,26,30)(H,27,29)/t22-/m0/s1. The predicted molar refractivity (Wildman–Crippen MR) is 125 cm³/mol. The van der Waals surface area contributed by atoms with Crippen LogP contribution in [0.2, 0.25) is 0 Å². The van der Waals surface area contributed by atoms with Gasteiger partial charge in [0.2, 0.25) is 15.9 Å². The van der Waals surface area contributed by atoms with E-state index < -0.39 is 27.9 Å². The molecule has 2 aromatic rings. The Morgan fingerprint density at radius 3 is 2.47 bits per heavy atom. The normalized spacial score (nSPS) is 15.6. The average molecular weight is 492 g/mol. The molecule has 1 aliphatic heterocycles. The molecule has 34 heavy (non-hydrogen) atoms. The van der Waals surface area contributed by atoms with E-state index >= 15 is 0 Å². The SMILES string of the molecule is CC(C)[C@H](NC(=O)c1cccc(S(=O)(=O)N2CCOCC2)c1)C(=O)NCCc1ccccc1F. The summed E-state index contributed by atoms with van der Waals surface area (Å²) in [6, 6.07) is 11.3. The van der Waals surface area contributed by atoms with E-state index in [1.54, 1.807) is 32.0 Å². The van der Waals surface area contributed by atoms with Crippen LogP contribution in [0.5, 0.6) is 0 Å². The van der Waals surface area contributed by atoms with Crippen LogP contribution in [-0.4, -0.2) is 63.4 Å². The smallest absolute Gasteiger partial charge is 0.251 e. The molecule has 2 N–H and O–H groups in total. The first-order valence-corrected chi connectivity index (χ1v) is 12.6. The van der Waals surface area contributed by atoms with Gasteiger partial charge in [-0.05, 0) is 42.2 Å². The number of halogens is 1. The van der Waals surface area contributed by atoms with Crippen LogP contribution in [0.25, 0.3) is 0 Å². The molecule has 1 atom stereocenters. The highest BCUT2D eigenvalue weighted by molar-refractivity contribution is 7.89. The number of benzene rings is 2. The number of hydrogen-bond donors (Lipinski definition) is 2. The second-order valence-electron chi connectivity index (χ2n) is 8.37. The highest BCUT2D eigenvalue weighted by Gasteiger charge is 2.28. The molecule has 8 nitrogen and oxygen atoms in total. The summed E-state index contributed by atoms with van der Waals surface area (Å²) in [6.07, 6.45) is 0.318. The van der Waals surface area contributed by atoms with Gasteiger partial charge in [-0.15, -0.1) is 0 Å². The number of hydrogen-bond acceptors (Lipinski definition) is 5. The summed E-state index contributed by atoms with van der Waals surface area (Å²) in [6.45, 7) is 4.94. The summed E-state index contributed by atoms with van der Waals surface area (Å²) in [5, 5.41) is 5.44. The lowest BCUT2D eigenvalue weighted by atomic mass is 10.0. The van der Waals surface area contributed by atoms with Gasteiger partial charge in [-0.25, -0.2) is 12.8 Å². The second kappa shape index (κ2) is 11.5. The summed E-state index contributed by atoms with van der Waals surface area (Å²) >= 11 is 0. The zero-order chi connectivity index (χ0) is 24.7. The van der Waals surface area contributed by atoms with Crippen LogP contribution in [0.4, 0.5) is 4.39 Å². The van der Waals surface area contributed by atoms with Gasteiger partial charge in [-0.2, -0.15) is 4.31 Å². The van der Waals surface area contributed by atoms with Crippen LogP contribution >= 0.6 is 0 Å². The number of amides is 2. The van der Waals surface area contributed by atoms with Gasteiger partial charge in [0, 0.05) is 25.2 Å². The Balaban J connectivity index is 1.65. The van der Waals surface area contributed by atoms with Crippen LogP contribution in [0.1, 0.15) is 29.8 Å². The maximum atomic E-state index is 13.8. The first-order valence-electron chi connectivity index (χ1n) is 11.2. The molecule has 0 unspecified atom stereocenters. The Kier molecular flexibility index (Phi) is 8.76. The predicted octanol–water partition coefficient (Wildman–Crippen LogP) is 1.96. The fourth-order valence-electron chi connectivity index (χ4n) is 3.62. The molecule has 1 aliphatic rings. The summed E-state index contributed by atoms with van der Waals surface area (Å²) in [4.78, 5) is 25.6. The van der Waals surface area contributed by atoms with Gasteiger partial charge in [0.25, 0.3) is 5.91 Å². The van der Waals surface area contributed by atoms with Crippen molar-refractivity contribution in [3.63, 3.8) is 0 Å². The Hall–Kier alpha value is -2.82. The van der Waals surface area contributed by atoms with E-state index in [1.165, 1.54) is 34.6 Å². The molecule has 0 spiro atoms. The third kappa shape index (κ3) is 6.40. The van der Waals surface area contributed by atoms with E-state index in [1.807, 2.05) is 0 Å². The molecule has 184 valence electrons. The van der Waals surface area contributed by atoms with Crippen LogP contribution in [0, 0.1) is 11.7 Å². The number of ether oxygens (including phenoxy) is 1. The van der Waals surface area contributed by atoms with E-state index in [-0.39, 0.29) is 41.8 Å². The second-order valence-corrected chi connectivity index (χ2v) is 10.3. The van der Waals surface area contributed by atoms with Gasteiger partial charge >= 0.3 is 0 Å².